The van der Waals surface area contributed by atoms with Crippen LogP contribution in [-0.2, 0) is 16.8 Å². The van der Waals surface area contributed by atoms with Gasteiger partial charge < -0.3 is 10.4 Å². The summed E-state index contributed by atoms with van der Waals surface area (Å²) in [4.78, 5) is 25.2. The van der Waals surface area contributed by atoms with Gasteiger partial charge in [0.2, 0.25) is 0 Å². The number of hydrogen-bond donors (Lipinski definition) is 2. The fraction of sp³-hybridized carbons (Fsp3) is 0.176. The maximum Gasteiger partial charge on any atom is 0.261 e. The number of amides is 1. The predicted molar refractivity (Wildman–Crippen MR) is 87.0 cm³/mol. The van der Waals surface area contributed by atoms with Gasteiger partial charge in [-0.25, -0.2) is 0 Å². The second kappa shape index (κ2) is 4.81. The van der Waals surface area contributed by atoms with Gasteiger partial charge >= 0.3 is 0 Å². The highest BCUT2D eigenvalue weighted by molar-refractivity contribution is 6.38. The molecule has 0 fully saturated rings. The summed E-state index contributed by atoms with van der Waals surface area (Å²) in [6.07, 6.45) is 0.294. The van der Waals surface area contributed by atoms with Gasteiger partial charge in [-0.2, -0.15) is 0 Å². The molecule has 0 aromatic heterocycles. The standard InChI is InChI=1S/C17H11Cl2NO3/c18-9-6-11-14(13(19)7-9)20-16(22)17(11,23)12-5-8-3-1-2-4-10(8)15(12)21/h1-4,6-7,12,23H,5H2,(H,20,22)/t12-,17+/m0/s1. The molecule has 116 valence electrons. The van der Waals surface area contributed by atoms with E-state index in [4.69, 9.17) is 23.2 Å². The Morgan fingerprint density at radius 3 is 2.65 bits per heavy atom. The lowest BCUT2D eigenvalue weighted by Crippen LogP contribution is -2.44. The van der Waals surface area contributed by atoms with Crippen LogP contribution < -0.4 is 5.32 Å². The summed E-state index contributed by atoms with van der Waals surface area (Å²) in [6.45, 7) is 0. The summed E-state index contributed by atoms with van der Waals surface area (Å²) in [5.41, 5.74) is -0.0379. The number of halogens is 2. The van der Waals surface area contributed by atoms with Crippen LogP contribution in [0.15, 0.2) is 36.4 Å². The molecule has 6 heteroatoms. The van der Waals surface area contributed by atoms with Gasteiger partial charge in [0.1, 0.15) is 0 Å². The molecule has 2 aliphatic rings. The topological polar surface area (TPSA) is 66.4 Å². The normalized spacial score (nSPS) is 25.3. The lowest BCUT2D eigenvalue weighted by Gasteiger charge is -2.26. The first-order valence-electron chi connectivity index (χ1n) is 7.08. The molecule has 2 atom stereocenters. The van der Waals surface area contributed by atoms with Crippen molar-refractivity contribution in [1.82, 2.24) is 0 Å². The zero-order valence-electron chi connectivity index (χ0n) is 11.8. The number of anilines is 1. The van der Waals surface area contributed by atoms with Gasteiger partial charge in [0, 0.05) is 16.1 Å². The number of ketones is 1. The molecule has 0 bridgehead atoms. The maximum atomic E-state index is 12.7. The minimum absolute atomic E-state index is 0.236. The third-order valence-corrected chi connectivity index (χ3v) is 5.09. The maximum absolute atomic E-state index is 12.7. The zero-order chi connectivity index (χ0) is 16.4. The Labute approximate surface area is 142 Å². The molecule has 0 unspecified atom stereocenters. The molecule has 1 aliphatic heterocycles. The molecule has 1 amide bonds. The third-order valence-electron chi connectivity index (χ3n) is 4.58. The van der Waals surface area contributed by atoms with Crippen LogP contribution in [0.3, 0.4) is 0 Å². The number of fused-ring (bicyclic) bond motifs is 2. The molecule has 23 heavy (non-hydrogen) atoms. The molecule has 0 saturated carbocycles. The summed E-state index contributed by atoms with van der Waals surface area (Å²) in [7, 11) is 0. The van der Waals surface area contributed by atoms with Crippen molar-refractivity contribution in [2.45, 2.75) is 12.0 Å². The molecule has 0 spiro atoms. The number of nitrogens with one attached hydrogen (secondary N) is 1. The number of Topliss-reactive ketones (excluding diaryl/α,β-unsaturated/α-hetero) is 1. The second-order valence-corrected chi connectivity index (χ2v) is 6.65. The SMILES string of the molecule is O=C1c2ccccc2C[C@@H]1[C@@]1(O)C(=O)Nc2c(Cl)cc(Cl)cc21. The van der Waals surface area contributed by atoms with E-state index < -0.39 is 17.4 Å². The quantitative estimate of drug-likeness (QED) is 0.832. The Bertz CT molecular complexity index is 880. The van der Waals surface area contributed by atoms with Gasteiger partial charge in [0.25, 0.3) is 5.91 Å². The van der Waals surface area contributed by atoms with Crippen LogP contribution in [-0.4, -0.2) is 16.8 Å². The van der Waals surface area contributed by atoms with Crippen molar-refractivity contribution in [3.8, 4) is 0 Å². The minimum atomic E-state index is -1.97. The van der Waals surface area contributed by atoms with Gasteiger partial charge in [-0.3, -0.25) is 9.59 Å². The van der Waals surface area contributed by atoms with Gasteiger partial charge in [-0.1, -0.05) is 47.5 Å². The number of rotatable bonds is 1. The van der Waals surface area contributed by atoms with E-state index in [0.717, 1.165) is 5.56 Å². The summed E-state index contributed by atoms with van der Waals surface area (Å²) in [5, 5.41) is 14.3. The summed E-state index contributed by atoms with van der Waals surface area (Å²) >= 11 is 12.1. The van der Waals surface area contributed by atoms with E-state index in [9.17, 15) is 14.7 Å². The molecule has 1 heterocycles. The second-order valence-electron chi connectivity index (χ2n) is 5.81. The van der Waals surface area contributed by atoms with Gasteiger partial charge in [-0.05, 0) is 24.1 Å². The Morgan fingerprint density at radius 1 is 1.17 bits per heavy atom. The number of carbonyl (C=O) groups excluding carboxylic acids is 2. The molecule has 2 aromatic rings. The molecule has 1 aliphatic carbocycles. The van der Waals surface area contributed by atoms with Gasteiger partial charge in [0.15, 0.2) is 11.4 Å². The highest BCUT2D eigenvalue weighted by atomic mass is 35.5. The molecule has 4 nitrogen and oxygen atoms in total. The van der Waals surface area contributed by atoms with E-state index in [1.165, 1.54) is 12.1 Å². The van der Waals surface area contributed by atoms with Crippen LogP contribution in [0, 0.1) is 5.92 Å². The predicted octanol–water partition coefficient (Wildman–Crippen LogP) is 3.19. The first kappa shape index (κ1) is 14.7. The van der Waals surface area contributed by atoms with E-state index in [2.05, 4.69) is 5.32 Å². The van der Waals surface area contributed by atoms with Crippen molar-refractivity contribution in [3.63, 3.8) is 0 Å². The smallest absolute Gasteiger partial charge is 0.261 e. The van der Waals surface area contributed by atoms with Crippen molar-refractivity contribution in [2.24, 2.45) is 5.92 Å². The van der Waals surface area contributed by atoms with E-state index in [0.29, 0.717) is 22.7 Å². The van der Waals surface area contributed by atoms with Crippen molar-refractivity contribution >= 4 is 40.6 Å². The highest BCUT2D eigenvalue weighted by Crippen LogP contribution is 2.49. The Morgan fingerprint density at radius 2 is 1.91 bits per heavy atom. The Hall–Kier alpha value is -1.88. The first-order chi connectivity index (χ1) is 10.9. The number of carbonyl (C=O) groups is 2. The molecule has 4 rings (SSSR count). The largest absolute Gasteiger partial charge is 0.375 e. The molecule has 2 aromatic carbocycles. The zero-order valence-corrected chi connectivity index (χ0v) is 13.3. The number of hydrogen-bond acceptors (Lipinski definition) is 3. The molecule has 0 radical (unpaired) electrons. The van der Waals surface area contributed by atoms with Crippen LogP contribution in [0.1, 0.15) is 21.5 Å². The van der Waals surface area contributed by atoms with Crippen LogP contribution >= 0.6 is 23.2 Å². The van der Waals surface area contributed by atoms with E-state index in [1.807, 2.05) is 12.1 Å². The first-order valence-corrected chi connectivity index (χ1v) is 7.84. The summed E-state index contributed by atoms with van der Waals surface area (Å²) in [6, 6.07) is 10.1. The average molecular weight is 348 g/mol. The third kappa shape index (κ3) is 1.89. The molecular formula is C17H11Cl2NO3. The van der Waals surface area contributed by atoms with Crippen molar-refractivity contribution in [1.29, 1.82) is 0 Å². The van der Waals surface area contributed by atoms with Crippen molar-refractivity contribution in [2.75, 3.05) is 5.32 Å². The molecular weight excluding hydrogens is 337 g/mol. The number of benzene rings is 2. The van der Waals surface area contributed by atoms with Crippen LogP contribution in [0.5, 0.6) is 0 Å². The van der Waals surface area contributed by atoms with E-state index in [1.54, 1.807) is 12.1 Å². The average Bonchev–Trinajstić information content (AvgIpc) is 2.98. The summed E-state index contributed by atoms with van der Waals surface area (Å²) < 4.78 is 0. The van der Waals surface area contributed by atoms with Crippen LogP contribution in [0.25, 0.3) is 0 Å². The Kier molecular flexibility index (Phi) is 3.07. The minimum Gasteiger partial charge on any atom is -0.375 e. The van der Waals surface area contributed by atoms with Crippen molar-refractivity contribution in [3.05, 3.63) is 63.1 Å². The van der Waals surface area contributed by atoms with Crippen LogP contribution in [0.2, 0.25) is 10.0 Å². The molecule has 0 saturated heterocycles. The van der Waals surface area contributed by atoms with Gasteiger partial charge in [-0.15, -0.1) is 0 Å². The fourth-order valence-electron chi connectivity index (χ4n) is 3.45. The van der Waals surface area contributed by atoms with Gasteiger partial charge in [0.05, 0.1) is 16.6 Å². The molecule has 2 N–H and O–H groups in total. The lowest BCUT2D eigenvalue weighted by atomic mass is 9.80. The Balaban J connectivity index is 1.88. The fourth-order valence-corrected chi connectivity index (χ4v) is 4.00. The van der Waals surface area contributed by atoms with Crippen molar-refractivity contribution < 1.29 is 14.7 Å². The summed E-state index contributed by atoms with van der Waals surface area (Å²) in [5.74, 6) is -1.79. The monoisotopic (exact) mass is 347 g/mol. The van der Waals surface area contributed by atoms with E-state index in [-0.39, 0.29) is 16.4 Å². The van der Waals surface area contributed by atoms with E-state index >= 15 is 0 Å². The lowest BCUT2D eigenvalue weighted by molar-refractivity contribution is -0.137. The number of aliphatic hydroxyl groups is 1. The highest BCUT2D eigenvalue weighted by Gasteiger charge is 2.56. The van der Waals surface area contributed by atoms with Crippen LogP contribution in [0.4, 0.5) is 5.69 Å².